The fraction of sp³-hybridized carbons (Fsp3) is 0.0909. The lowest BCUT2D eigenvalue weighted by Crippen LogP contribution is -2.26. The summed E-state index contributed by atoms with van der Waals surface area (Å²) >= 11 is 0. The topological polar surface area (TPSA) is 104 Å². The zero-order valence-corrected chi connectivity index (χ0v) is 17.1. The molecule has 0 spiro atoms. The smallest absolute Gasteiger partial charge is 0.261 e. The number of imidazole rings is 1. The number of carbonyl (C=O) groups excluding carboxylic acids is 1. The van der Waals surface area contributed by atoms with Gasteiger partial charge in [-0.05, 0) is 60.7 Å². The van der Waals surface area contributed by atoms with Crippen LogP contribution >= 0.6 is 0 Å². The van der Waals surface area contributed by atoms with Crippen molar-refractivity contribution in [2.75, 3.05) is 11.3 Å². The Bertz CT molecular complexity index is 1280. The molecule has 4 rings (SSSR count). The van der Waals surface area contributed by atoms with E-state index in [4.69, 9.17) is 0 Å². The Morgan fingerprint density at radius 2 is 1.68 bits per heavy atom. The highest BCUT2D eigenvalue weighted by Crippen LogP contribution is 2.17. The molecule has 0 bridgehead atoms. The minimum Gasteiger partial charge on any atom is -0.352 e. The third kappa shape index (κ3) is 4.89. The predicted molar refractivity (Wildman–Crippen MR) is 116 cm³/mol. The number of aromatic nitrogens is 2. The predicted octanol–water partition coefficient (Wildman–Crippen LogP) is 3.48. The van der Waals surface area contributed by atoms with Crippen molar-refractivity contribution in [2.24, 2.45) is 0 Å². The molecule has 31 heavy (non-hydrogen) atoms. The van der Waals surface area contributed by atoms with E-state index in [9.17, 15) is 17.6 Å². The monoisotopic (exact) mass is 438 g/mol. The zero-order chi connectivity index (χ0) is 21.8. The van der Waals surface area contributed by atoms with Crippen LogP contribution in [0.25, 0.3) is 11.0 Å². The van der Waals surface area contributed by atoms with E-state index in [0.717, 1.165) is 29.0 Å². The molecular weight excluding hydrogens is 419 g/mol. The maximum absolute atomic E-state index is 13.0. The summed E-state index contributed by atoms with van der Waals surface area (Å²) in [5.41, 5.74) is 2.52. The van der Waals surface area contributed by atoms with Crippen LogP contribution in [0.2, 0.25) is 0 Å². The number of carbonyl (C=O) groups is 1. The maximum Gasteiger partial charge on any atom is 0.261 e. The molecule has 1 amide bonds. The van der Waals surface area contributed by atoms with Crippen molar-refractivity contribution in [2.45, 2.75) is 11.3 Å². The minimum atomic E-state index is -3.85. The van der Waals surface area contributed by atoms with Crippen molar-refractivity contribution in [1.82, 2.24) is 15.3 Å². The lowest BCUT2D eigenvalue weighted by molar-refractivity contribution is 0.0954. The number of fused-ring (bicyclic) bond motifs is 1. The molecule has 3 N–H and O–H groups in total. The molecule has 0 saturated carbocycles. The van der Waals surface area contributed by atoms with Gasteiger partial charge in [-0.3, -0.25) is 9.52 Å². The van der Waals surface area contributed by atoms with Crippen molar-refractivity contribution in [1.29, 1.82) is 0 Å². The van der Waals surface area contributed by atoms with Gasteiger partial charge in [-0.25, -0.2) is 17.8 Å². The van der Waals surface area contributed by atoms with Crippen molar-refractivity contribution >= 4 is 32.7 Å². The van der Waals surface area contributed by atoms with E-state index in [1.54, 1.807) is 0 Å². The Morgan fingerprint density at radius 1 is 0.968 bits per heavy atom. The Balaban J connectivity index is 1.33. The van der Waals surface area contributed by atoms with E-state index in [1.807, 2.05) is 24.3 Å². The fourth-order valence-corrected chi connectivity index (χ4v) is 4.10. The summed E-state index contributed by atoms with van der Waals surface area (Å²) in [6, 6.07) is 18.3. The number of nitrogens with zero attached hydrogens (tertiary/aromatic N) is 1. The number of H-pyrrole nitrogens is 1. The van der Waals surface area contributed by atoms with Gasteiger partial charge in [-0.2, -0.15) is 0 Å². The molecule has 0 fully saturated rings. The van der Waals surface area contributed by atoms with Gasteiger partial charge in [-0.1, -0.05) is 12.1 Å². The second kappa shape index (κ2) is 8.57. The number of rotatable bonds is 7. The molecule has 0 radical (unpaired) electrons. The lowest BCUT2D eigenvalue weighted by atomic mass is 10.2. The molecule has 0 atom stereocenters. The number of hydrogen-bond donors (Lipinski definition) is 3. The van der Waals surface area contributed by atoms with Gasteiger partial charge in [-0.15, -0.1) is 0 Å². The second-order valence-corrected chi connectivity index (χ2v) is 8.53. The minimum absolute atomic E-state index is 0.0543. The number of para-hydroxylation sites is 2. The molecule has 0 aliphatic heterocycles. The summed E-state index contributed by atoms with van der Waals surface area (Å²) in [6.07, 6.45) is 0.552. The Morgan fingerprint density at radius 3 is 2.39 bits per heavy atom. The van der Waals surface area contributed by atoms with Crippen LogP contribution in [0.3, 0.4) is 0 Å². The first kappa shape index (κ1) is 20.5. The first-order valence-corrected chi connectivity index (χ1v) is 11.0. The van der Waals surface area contributed by atoms with E-state index in [2.05, 4.69) is 20.0 Å². The molecule has 1 aromatic heterocycles. The van der Waals surface area contributed by atoms with Gasteiger partial charge in [0.05, 0.1) is 15.9 Å². The van der Waals surface area contributed by atoms with Crippen molar-refractivity contribution in [3.05, 3.63) is 90.0 Å². The van der Waals surface area contributed by atoms with Gasteiger partial charge in [0.25, 0.3) is 15.9 Å². The molecule has 0 saturated heterocycles. The van der Waals surface area contributed by atoms with Gasteiger partial charge >= 0.3 is 0 Å². The average molecular weight is 438 g/mol. The number of sulfonamides is 1. The van der Waals surface area contributed by atoms with E-state index in [0.29, 0.717) is 24.2 Å². The third-order valence-corrected chi connectivity index (χ3v) is 6.01. The molecular formula is C22H19FN4O3S. The summed E-state index contributed by atoms with van der Waals surface area (Å²) in [4.78, 5) is 20.0. The molecule has 4 aromatic rings. The molecule has 1 heterocycles. The molecule has 9 heteroatoms. The first-order chi connectivity index (χ1) is 14.9. The van der Waals surface area contributed by atoms with Gasteiger partial charge in [0.2, 0.25) is 0 Å². The highest BCUT2D eigenvalue weighted by molar-refractivity contribution is 7.92. The van der Waals surface area contributed by atoms with Gasteiger partial charge in [0.1, 0.15) is 11.6 Å². The van der Waals surface area contributed by atoms with Gasteiger partial charge in [0.15, 0.2) is 0 Å². The number of aromatic amines is 1. The van der Waals surface area contributed by atoms with E-state index in [-0.39, 0.29) is 10.8 Å². The molecule has 3 aromatic carbocycles. The fourth-order valence-electron chi connectivity index (χ4n) is 3.04. The molecule has 0 aliphatic rings. The molecule has 0 aliphatic carbocycles. The summed E-state index contributed by atoms with van der Waals surface area (Å²) in [7, 11) is -3.85. The first-order valence-electron chi connectivity index (χ1n) is 9.51. The largest absolute Gasteiger partial charge is 0.352 e. The highest BCUT2D eigenvalue weighted by atomic mass is 32.2. The molecule has 7 nitrogen and oxygen atoms in total. The molecule has 158 valence electrons. The van der Waals surface area contributed by atoms with E-state index >= 15 is 0 Å². The van der Waals surface area contributed by atoms with Crippen LogP contribution < -0.4 is 10.0 Å². The van der Waals surface area contributed by atoms with E-state index in [1.165, 1.54) is 36.4 Å². The number of anilines is 1. The van der Waals surface area contributed by atoms with Crippen LogP contribution in [0.15, 0.2) is 77.7 Å². The van der Waals surface area contributed by atoms with Crippen LogP contribution in [-0.2, 0) is 16.4 Å². The second-order valence-electron chi connectivity index (χ2n) is 6.84. The summed E-state index contributed by atoms with van der Waals surface area (Å²) < 4.78 is 40.1. The quantitative estimate of drug-likeness (QED) is 0.411. The van der Waals surface area contributed by atoms with Crippen LogP contribution in [-0.4, -0.2) is 30.8 Å². The summed E-state index contributed by atoms with van der Waals surface area (Å²) in [5.74, 6) is -0.00858. The van der Waals surface area contributed by atoms with Crippen LogP contribution in [0.5, 0.6) is 0 Å². The highest BCUT2D eigenvalue weighted by Gasteiger charge is 2.14. The number of halogens is 1. The zero-order valence-electron chi connectivity index (χ0n) is 16.3. The number of amides is 1. The summed E-state index contributed by atoms with van der Waals surface area (Å²) in [5, 5.41) is 2.82. The third-order valence-electron chi connectivity index (χ3n) is 4.61. The lowest BCUT2D eigenvalue weighted by Gasteiger charge is -2.09. The van der Waals surface area contributed by atoms with Crippen LogP contribution in [0, 0.1) is 5.82 Å². The van der Waals surface area contributed by atoms with Crippen molar-refractivity contribution in [3.63, 3.8) is 0 Å². The normalized spacial score (nSPS) is 11.4. The Kier molecular flexibility index (Phi) is 5.68. The van der Waals surface area contributed by atoms with Crippen molar-refractivity contribution in [3.8, 4) is 0 Å². The Hall–Kier alpha value is -3.72. The Labute approximate surface area is 178 Å². The molecule has 0 unspecified atom stereocenters. The SMILES string of the molecule is O=C(NCCc1nc2ccccc2[nH]1)c1ccc(NS(=O)(=O)c2ccc(F)cc2)cc1. The standard InChI is InChI=1S/C22H19FN4O3S/c23-16-7-11-18(12-8-16)31(29,30)27-17-9-5-15(6-10-17)22(28)24-14-13-21-25-19-3-1-2-4-20(19)26-21/h1-12,27H,13-14H2,(H,24,28)(H,25,26). The van der Waals surface area contributed by atoms with Gasteiger partial charge in [0, 0.05) is 24.2 Å². The average Bonchev–Trinajstić information content (AvgIpc) is 3.17. The number of nitrogens with one attached hydrogen (secondary N) is 3. The van der Waals surface area contributed by atoms with Crippen molar-refractivity contribution < 1.29 is 17.6 Å². The van der Waals surface area contributed by atoms with Crippen LogP contribution in [0.4, 0.5) is 10.1 Å². The summed E-state index contributed by atoms with van der Waals surface area (Å²) in [6.45, 7) is 0.400. The number of benzene rings is 3. The van der Waals surface area contributed by atoms with Crippen LogP contribution in [0.1, 0.15) is 16.2 Å². The maximum atomic E-state index is 13.0. The number of hydrogen-bond acceptors (Lipinski definition) is 4. The van der Waals surface area contributed by atoms with Gasteiger partial charge < -0.3 is 10.3 Å². The van der Waals surface area contributed by atoms with E-state index < -0.39 is 15.8 Å².